The van der Waals surface area contributed by atoms with E-state index >= 15 is 0 Å². The molecule has 2 aliphatic carbocycles. The standard InChI is InChI=1S/C19H21N3O3S2/c1-22-13(10-26-19(22,17(20)23)18(21)24)11-6-7-15-12(8-11)9-25-14-4-2-3-5-16(14)27-15/h2,4,6-9,13,15H,3,5,10H2,1H3,(H2,20,23)(H2,21,24). The minimum absolute atomic E-state index is 0.135. The molecule has 8 heteroatoms. The molecule has 0 aromatic rings. The van der Waals surface area contributed by atoms with Crippen molar-refractivity contribution in [2.75, 3.05) is 12.8 Å². The summed E-state index contributed by atoms with van der Waals surface area (Å²) in [5.74, 6) is 0.0349. The van der Waals surface area contributed by atoms with Gasteiger partial charge in [0.15, 0.2) is 0 Å². The van der Waals surface area contributed by atoms with Gasteiger partial charge in [0.2, 0.25) is 4.87 Å². The number of primary amides is 2. The number of rotatable bonds is 3. The van der Waals surface area contributed by atoms with Crippen molar-refractivity contribution in [3.05, 3.63) is 58.5 Å². The molecule has 0 aromatic heterocycles. The Bertz CT molecular complexity index is 842. The summed E-state index contributed by atoms with van der Waals surface area (Å²) in [6.45, 7) is 0. The summed E-state index contributed by atoms with van der Waals surface area (Å²) < 4.78 is 5.90. The summed E-state index contributed by atoms with van der Waals surface area (Å²) in [5.41, 5.74) is 13.1. The van der Waals surface area contributed by atoms with Crippen LogP contribution in [0.3, 0.4) is 0 Å². The lowest BCUT2D eigenvalue weighted by Crippen LogP contribution is -2.60. The average Bonchev–Trinajstić information content (AvgIpc) is 2.89. The van der Waals surface area contributed by atoms with Gasteiger partial charge in [0.1, 0.15) is 5.76 Å². The molecule has 2 heterocycles. The van der Waals surface area contributed by atoms with Crippen LogP contribution in [-0.2, 0) is 14.3 Å². The van der Waals surface area contributed by atoms with Crippen molar-refractivity contribution >= 4 is 35.3 Å². The van der Waals surface area contributed by atoms with Crippen molar-refractivity contribution < 1.29 is 14.3 Å². The number of hydrogen-bond donors (Lipinski definition) is 2. The smallest absolute Gasteiger partial charge is 0.258 e. The number of hydrogen-bond acceptors (Lipinski definition) is 6. The van der Waals surface area contributed by atoms with Crippen LogP contribution < -0.4 is 11.5 Å². The zero-order valence-corrected chi connectivity index (χ0v) is 16.5. The van der Waals surface area contributed by atoms with Crippen molar-refractivity contribution in [2.45, 2.75) is 29.0 Å². The van der Waals surface area contributed by atoms with Gasteiger partial charge in [-0.2, -0.15) is 0 Å². The minimum Gasteiger partial charge on any atom is -0.464 e. The van der Waals surface area contributed by atoms with Crippen LogP contribution in [0.5, 0.6) is 0 Å². The van der Waals surface area contributed by atoms with E-state index < -0.39 is 16.7 Å². The second-order valence-electron chi connectivity index (χ2n) is 6.82. The Morgan fingerprint density at radius 3 is 2.74 bits per heavy atom. The molecule has 4 rings (SSSR count). The van der Waals surface area contributed by atoms with Crippen molar-refractivity contribution in [1.82, 2.24) is 4.90 Å². The fourth-order valence-electron chi connectivity index (χ4n) is 3.74. The fourth-order valence-corrected chi connectivity index (χ4v) is 6.36. The summed E-state index contributed by atoms with van der Waals surface area (Å²) in [6.07, 6.45) is 14.3. The van der Waals surface area contributed by atoms with Crippen molar-refractivity contribution in [3.63, 3.8) is 0 Å². The molecule has 142 valence electrons. The highest BCUT2D eigenvalue weighted by Crippen LogP contribution is 2.44. The number of amides is 2. The highest BCUT2D eigenvalue weighted by atomic mass is 32.2. The van der Waals surface area contributed by atoms with Gasteiger partial charge in [0, 0.05) is 22.3 Å². The SMILES string of the molecule is CN1C(C2=CC3=COC4=C(CCC=C4)SC3C=C2)CSC1(C(N)=O)C(N)=O. The number of fused-ring (bicyclic) bond motifs is 1. The first-order chi connectivity index (χ1) is 12.9. The first kappa shape index (κ1) is 18.5. The van der Waals surface area contributed by atoms with E-state index in [4.69, 9.17) is 16.2 Å². The number of carbonyl (C=O) groups excluding carboxylic acids is 2. The average molecular weight is 404 g/mol. The number of carbonyl (C=O) groups is 2. The van der Waals surface area contributed by atoms with Crippen LogP contribution in [-0.4, -0.2) is 45.7 Å². The number of nitrogens with zero attached hydrogens (tertiary/aromatic N) is 1. The van der Waals surface area contributed by atoms with Crippen molar-refractivity contribution in [3.8, 4) is 0 Å². The van der Waals surface area contributed by atoms with E-state index in [0.29, 0.717) is 5.75 Å². The molecule has 1 fully saturated rings. The zero-order chi connectivity index (χ0) is 19.2. The van der Waals surface area contributed by atoms with Gasteiger partial charge in [0.25, 0.3) is 11.8 Å². The van der Waals surface area contributed by atoms with Gasteiger partial charge in [-0.1, -0.05) is 18.2 Å². The summed E-state index contributed by atoms with van der Waals surface area (Å²) in [5, 5.41) is 0.198. The molecule has 2 unspecified atom stereocenters. The van der Waals surface area contributed by atoms with Crippen molar-refractivity contribution in [2.24, 2.45) is 11.5 Å². The van der Waals surface area contributed by atoms with Crippen LogP contribution in [0.1, 0.15) is 12.8 Å². The molecular weight excluding hydrogens is 382 g/mol. The topological polar surface area (TPSA) is 98.7 Å². The zero-order valence-electron chi connectivity index (χ0n) is 14.9. The fraction of sp³-hybridized carbons (Fsp3) is 0.368. The van der Waals surface area contributed by atoms with Gasteiger partial charge < -0.3 is 16.2 Å². The first-order valence-corrected chi connectivity index (χ1v) is 10.6. The summed E-state index contributed by atoms with van der Waals surface area (Å²) in [4.78, 5) is 25.4. The van der Waals surface area contributed by atoms with E-state index in [1.165, 1.54) is 16.7 Å². The number of allylic oxidation sites excluding steroid dienone is 4. The third kappa shape index (κ3) is 2.96. The Labute approximate surface area is 166 Å². The predicted octanol–water partition coefficient (Wildman–Crippen LogP) is 1.77. The summed E-state index contributed by atoms with van der Waals surface area (Å²) in [6, 6.07) is -0.135. The van der Waals surface area contributed by atoms with Gasteiger partial charge in [-0.05, 0) is 37.6 Å². The third-order valence-electron chi connectivity index (χ3n) is 5.27. The molecule has 2 atom stereocenters. The van der Waals surface area contributed by atoms with Crippen LogP contribution in [0.2, 0.25) is 0 Å². The second-order valence-corrected chi connectivity index (χ2v) is 9.27. The predicted molar refractivity (Wildman–Crippen MR) is 108 cm³/mol. The molecule has 1 saturated heterocycles. The maximum Gasteiger partial charge on any atom is 0.258 e. The van der Waals surface area contributed by atoms with E-state index in [-0.39, 0.29) is 11.3 Å². The van der Waals surface area contributed by atoms with E-state index in [2.05, 4.69) is 24.3 Å². The molecule has 0 saturated carbocycles. The summed E-state index contributed by atoms with van der Waals surface area (Å²) in [7, 11) is 1.72. The molecular formula is C19H21N3O3S2. The molecule has 4 aliphatic rings. The lowest BCUT2D eigenvalue weighted by atomic mass is 9.96. The third-order valence-corrected chi connectivity index (χ3v) is 8.23. The quantitative estimate of drug-likeness (QED) is 0.697. The van der Waals surface area contributed by atoms with E-state index in [0.717, 1.165) is 29.7 Å². The molecule has 6 nitrogen and oxygen atoms in total. The normalized spacial score (nSPS) is 29.2. The molecule has 2 aliphatic heterocycles. The molecule has 0 bridgehead atoms. The van der Waals surface area contributed by atoms with E-state index in [1.54, 1.807) is 18.2 Å². The van der Waals surface area contributed by atoms with Crippen LogP contribution in [0.25, 0.3) is 0 Å². The lowest BCUT2D eigenvalue weighted by molar-refractivity contribution is -0.135. The molecule has 0 aromatic carbocycles. The van der Waals surface area contributed by atoms with Crippen LogP contribution in [0.4, 0.5) is 0 Å². The highest BCUT2D eigenvalue weighted by Gasteiger charge is 2.55. The summed E-state index contributed by atoms with van der Waals surface area (Å²) >= 11 is 3.01. The van der Waals surface area contributed by atoms with Crippen LogP contribution >= 0.6 is 23.5 Å². The first-order valence-electron chi connectivity index (χ1n) is 8.73. The highest BCUT2D eigenvalue weighted by molar-refractivity contribution is 8.04. The van der Waals surface area contributed by atoms with Crippen LogP contribution in [0, 0.1) is 0 Å². The van der Waals surface area contributed by atoms with E-state index in [1.807, 2.05) is 17.8 Å². The molecule has 2 amide bonds. The Morgan fingerprint density at radius 2 is 2.04 bits per heavy atom. The maximum absolute atomic E-state index is 12.0. The van der Waals surface area contributed by atoms with E-state index in [9.17, 15) is 9.59 Å². The van der Waals surface area contributed by atoms with Crippen LogP contribution in [0.15, 0.2) is 58.5 Å². The monoisotopic (exact) mass is 403 g/mol. The maximum atomic E-state index is 12.0. The van der Waals surface area contributed by atoms with Gasteiger partial charge in [-0.3, -0.25) is 14.5 Å². The number of likely N-dealkylation sites (N-methyl/N-ethyl adjacent to an activating group) is 1. The van der Waals surface area contributed by atoms with Crippen molar-refractivity contribution in [1.29, 1.82) is 0 Å². The number of nitrogens with two attached hydrogens (primary N) is 2. The van der Waals surface area contributed by atoms with Gasteiger partial charge in [0.05, 0.1) is 11.5 Å². The largest absolute Gasteiger partial charge is 0.464 e. The van der Waals surface area contributed by atoms with Gasteiger partial charge in [-0.15, -0.1) is 23.5 Å². The molecule has 0 radical (unpaired) electrons. The molecule has 4 N–H and O–H groups in total. The molecule has 27 heavy (non-hydrogen) atoms. The minimum atomic E-state index is -1.51. The molecule has 0 spiro atoms. The number of thioether (sulfide) groups is 2. The van der Waals surface area contributed by atoms with Gasteiger partial charge in [-0.25, -0.2) is 0 Å². The Hall–Kier alpha value is -1.90. The Kier molecular flexibility index (Phi) is 4.73. The lowest BCUT2D eigenvalue weighted by Gasteiger charge is -2.33. The Morgan fingerprint density at radius 1 is 1.26 bits per heavy atom. The Balaban J connectivity index is 1.60. The van der Waals surface area contributed by atoms with Gasteiger partial charge >= 0.3 is 0 Å². The second kappa shape index (κ2) is 6.92. The number of ether oxygens (including phenoxy) is 1.